The van der Waals surface area contributed by atoms with Crippen LogP contribution in [0.4, 0.5) is 5.13 Å². The Morgan fingerprint density at radius 3 is 2.56 bits per heavy atom. The first kappa shape index (κ1) is 19.4. The molecule has 0 bridgehead atoms. The monoisotopic (exact) mass is 412 g/mol. The Kier molecular flexibility index (Phi) is 6.87. The maximum absolute atomic E-state index is 12.1. The fourth-order valence-corrected chi connectivity index (χ4v) is 4.50. The molecule has 3 aromatic rings. The molecule has 0 radical (unpaired) electrons. The topological polar surface area (TPSA) is 78.7 Å². The number of nitrogens with zero attached hydrogens (tertiary/aromatic N) is 3. The van der Waals surface area contributed by atoms with Crippen molar-refractivity contribution in [2.24, 2.45) is 0 Å². The lowest BCUT2D eigenvalue weighted by atomic mass is 10.2. The van der Waals surface area contributed by atoms with Gasteiger partial charge in [-0.1, -0.05) is 52.9 Å². The molecule has 0 aliphatic carbocycles. The largest absolute Gasteiger partial charge is 0.300 e. The van der Waals surface area contributed by atoms with Gasteiger partial charge >= 0.3 is 0 Å². The van der Waals surface area contributed by atoms with E-state index in [1.54, 1.807) is 23.9 Å². The number of hydrogen-bond donors (Lipinski definition) is 1. The minimum Gasteiger partial charge on any atom is -0.300 e. The van der Waals surface area contributed by atoms with Crippen LogP contribution in [0, 0.1) is 18.3 Å². The fourth-order valence-electron chi connectivity index (χ4n) is 2.08. The van der Waals surface area contributed by atoms with Crippen LogP contribution in [0.2, 0.25) is 0 Å². The number of rotatable bonds is 7. The molecule has 5 nitrogen and oxygen atoms in total. The number of aromatic nitrogens is 2. The molecule has 0 saturated heterocycles. The Labute approximate surface area is 170 Å². The molecule has 1 heterocycles. The number of nitrogens with one attached hydrogen (secondary N) is 1. The number of carbonyl (C=O) groups excluding carboxylic acids is 1. The van der Waals surface area contributed by atoms with E-state index < -0.39 is 0 Å². The number of thioether (sulfide) groups is 2. The summed E-state index contributed by atoms with van der Waals surface area (Å²) in [5.41, 5.74) is 2.95. The highest BCUT2D eigenvalue weighted by Crippen LogP contribution is 2.28. The summed E-state index contributed by atoms with van der Waals surface area (Å²) in [5.74, 6) is 0.967. The molecule has 0 spiro atoms. The Bertz CT molecular complexity index is 946. The van der Waals surface area contributed by atoms with Crippen LogP contribution in [-0.4, -0.2) is 21.9 Å². The van der Waals surface area contributed by atoms with Crippen molar-refractivity contribution in [1.29, 1.82) is 5.26 Å². The third kappa shape index (κ3) is 6.10. The Hall–Kier alpha value is -2.34. The first-order chi connectivity index (χ1) is 13.1. The van der Waals surface area contributed by atoms with E-state index in [0.717, 1.165) is 20.6 Å². The smallest absolute Gasteiger partial charge is 0.236 e. The summed E-state index contributed by atoms with van der Waals surface area (Å²) in [5, 5.41) is 20.2. The van der Waals surface area contributed by atoms with E-state index in [2.05, 4.69) is 21.6 Å². The first-order valence-corrected chi connectivity index (χ1v) is 10.9. The molecule has 0 fully saturated rings. The normalized spacial score (nSPS) is 10.4. The van der Waals surface area contributed by atoms with E-state index in [-0.39, 0.29) is 5.91 Å². The molecule has 0 aliphatic heterocycles. The van der Waals surface area contributed by atoms with Crippen molar-refractivity contribution in [1.82, 2.24) is 10.2 Å². The first-order valence-electron chi connectivity index (χ1n) is 8.07. The molecule has 8 heteroatoms. The molecule has 1 aromatic heterocycles. The number of aryl methyl sites for hydroxylation is 1. The highest BCUT2D eigenvalue weighted by atomic mass is 32.2. The number of hydrogen-bond acceptors (Lipinski definition) is 7. The van der Waals surface area contributed by atoms with Crippen molar-refractivity contribution >= 4 is 45.9 Å². The average Bonchev–Trinajstić information content (AvgIpc) is 3.13. The maximum Gasteiger partial charge on any atom is 0.236 e. The summed E-state index contributed by atoms with van der Waals surface area (Å²) in [7, 11) is 0. The molecule has 2 aromatic carbocycles. The Morgan fingerprint density at radius 1 is 1.11 bits per heavy atom. The lowest BCUT2D eigenvalue weighted by Crippen LogP contribution is -2.13. The van der Waals surface area contributed by atoms with Gasteiger partial charge in [0.15, 0.2) is 4.34 Å². The molecule has 0 saturated carbocycles. The Balaban J connectivity index is 1.46. The zero-order valence-electron chi connectivity index (χ0n) is 14.5. The summed E-state index contributed by atoms with van der Waals surface area (Å²) in [6.07, 6.45) is 0. The molecule has 1 amide bonds. The maximum atomic E-state index is 12.1. The molecule has 0 aliphatic rings. The molecule has 0 atom stereocenters. The number of anilines is 1. The molecule has 3 rings (SSSR count). The van der Waals surface area contributed by atoms with Gasteiger partial charge in [-0.25, -0.2) is 0 Å². The molecule has 1 N–H and O–H groups in total. The molecule has 27 heavy (non-hydrogen) atoms. The van der Waals surface area contributed by atoms with E-state index >= 15 is 0 Å². The van der Waals surface area contributed by atoms with Crippen LogP contribution >= 0.6 is 34.9 Å². The highest BCUT2D eigenvalue weighted by molar-refractivity contribution is 8.00. The summed E-state index contributed by atoms with van der Waals surface area (Å²) >= 11 is 4.40. The average molecular weight is 413 g/mol. The van der Waals surface area contributed by atoms with Gasteiger partial charge in [0.05, 0.1) is 17.4 Å². The third-order valence-corrected chi connectivity index (χ3v) is 6.54. The third-order valence-electron chi connectivity index (χ3n) is 3.49. The van der Waals surface area contributed by atoms with Gasteiger partial charge in [-0.2, -0.15) is 5.26 Å². The molecular weight excluding hydrogens is 396 g/mol. The zero-order valence-corrected chi connectivity index (χ0v) is 17.0. The second-order valence-electron chi connectivity index (χ2n) is 5.62. The van der Waals surface area contributed by atoms with E-state index in [9.17, 15) is 4.79 Å². The minimum atomic E-state index is -0.0969. The summed E-state index contributed by atoms with van der Waals surface area (Å²) in [6, 6.07) is 17.6. The number of benzene rings is 2. The number of amides is 1. The summed E-state index contributed by atoms with van der Waals surface area (Å²) in [4.78, 5) is 13.1. The van der Waals surface area contributed by atoms with Crippen LogP contribution in [-0.2, 0) is 10.5 Å². The predicted molar refractivity (Wildman–Crippen MR) is 111 cm³/mol. The predicted octanol–water partition coefficient (Wildman–Crippen LogP) is 4.74. The lowest BCUT2D eigenvalue weighted by Gasteiger charge is -2.02. The van der Waals surface area contributed by atoms with Crippen LogP contribution in [0.25, 0.3) is 0 Å². The SMILES string of the molecule is Cc1ccc(SCC(=O)Nc2nnc(SCc3ccc(C#N)cc3)s2)cc1. The number of carbonyl (C=O) groups is 1. The lowest BCUT2D eigenvalue weighted by molar-refractivity contribution is -0.113. The highest BCUT2D eigenvalue weighted by Gasteiger charge is 2.09. The van der Waals surface area contributed by atoms with Crippen LogP contribution < -0.4 is 5.32 Å². The van der Waals surface area contributed by atoms with E-state index in [4.69, 9.17) is 5.26 Å². The second-order valence-corrected chi connectivity index (χ2v) is 8.87. The number of nitriles is 1. The second kappa shape index (κ2) is 9.55. The zero-order chi connectivity index (χ0) is 19.1. The molecule has 0 unspecified atom stereocenters. The van der Waals surface area contributed by atoms with Crippen molar-refractivity contribution < 1.29 is 4.79 Å². The fraction of sp³-hybridized carbons (Fsp3) is 0.158. The van der Waals surface area contributed by atoms with Crippen molar-refractivity contribution in [2.75, 3.05) is 11.1 Å². The minimum absolute atomic E-state index is 0.0969. The van der Waals surface area contributed by atoms with E-state index in [1.807, 2.05) is 43.3 Å². The van der Waals surface area contributed by atoms with Gasteiger partial charge < -0.3 is 0 Å². The van der Waals surface area contributed by atoms with Crippen molar-refractivity contribution in [3.63, 3.8) is 0 Å². The van der Waals surface area contributed by atoms with Crippen molar-refractivity contribution in [3.8, 4) is 6.07 Å². The van der Waals surface area contributed by atoms with Gasteiger partial charge in [0.1, 0.15) is 0 Å². The molecule has 136 valence electrons. The van der Waals surface area contributed by atoms with Gasteiger partial charge in [-0.05, 0) is 36.8 Å². The van der Waals surface area contributed by atoms with E-state index in [1.165, 1.54) is 28.7 Å². The van der Waals surface area contributed by atoms with Crippen LogP contribution in [0.15, 0.2) is 57.8 Å². The van der Waals surface area contributed by atoms with Gasteiger partial charge in [0, 0.05) is 10.6 Å². The van der Waals surface area contributed by atoms with Gasteiger partial charge in [-0.3, -0.25) is 10.1 Å². The van der Waals surface area contributed by atoms with Crippen molar-refractivity contribution in [3.05, 3.63) is 65.2 Å². The van der Waals surface area contributed by atoms with Gasteiger partial charge in [-0.15, -0.1) is 22.0 Å². The van der Waals surface area contributed by atoms with E-state index in [0.29, 0.717) is 16.4 Å². The van der Waals surface area contributed by atoms with Crippen LogP contribution in [0.5, 0.6) is 0 Å². The van der Waals surface area contributed by atoms with Crippen molar-refractivity contribution in [2.45, 2.75) is 21.9 Å². The quantitative estimate of drug-likeness (QED) is 0.446. The van der Waals surface area contributed by atoms with Gasteiger partial charge in [0.25, 0.3) is 0 Å². The van der Waals surface area contributed by atoms with Gasteiger partial charge in [0.2, 0.25) is 11.0 Å². The van der Waals surface area contributed by atoms with Crippen LogP contribution in [0.3, 0.4) is 0 Å². The standard InChI is InChI=1S/C19H16N4OS3/c1-13-2-8-16(9-3-13)25-12-17(24)21-18-22-23-19(27-18)26-11-15-6-4-14(10-20)5-7-15/h2-9H,11-12H2,1H3,(H,21,22,24). The summed E-state index contributed by atoms with van der Waals surface area (Å²) in [6.45, 7) is 2.04. The van der Waals surface area contributed by atoms with Crippen LogP contribution in [0.1, 0.15) is 16.7 Å². The summed E-state index contributed by atoms with van der Waals surface area (Å²) < 4.78 is 0.792. The molecular formula is C19H16N4OS3. The Morgan fingerprint density at radius 2 is 1.85 bits per heavy atom.